The summed E-state index contributed by atoms with van der Waals surface area (Å²) in [5, 5.41) is 0. The van der Waals surface area contributed by atoms with Crippen molar-refractivity contribution in [2.45, 2.75) is 32.2 Å². The van der Waals surface area contributed by atoms with Crippen LogP contribution in [-0.2, 0) is 11.3 Å². The van der Waals surface area contributed by atoms with Gasteiger partial charge in [0.15, 0.2) is 0 Å². The summed E-state index contributed by atoms with van der Waals surface area (Å²) in [7, 11) is 0. The van der Waals surface area contributed by atoms with Crippen molar-refractivity contribution in [3.05, 3.63) is 29.8 Å². The molecule has 0 aliphatic carbocycles. The topological polar surface area (TPSA) is 55.6 Å². The molecule has 19 heavy (non-hydrogen) atoms. The fraction of sp³-hybridized carbons (Fsp3) is 0.533. The van der Waals surface area contributed by atoms with Gasteiger partial charge >= 0.3 is 0 Å². The Morgan fingerprint density at radius 2 is 1.95 bits per heavy atom. The number of likely N-dealkylation sites (tertiary alicyclic amines) is 1. The lowest BCUT2D eigenvalue weighted by molar-refractivity contribution is -0.131. The van der Waals surface area contributed by atoms with Crippen molar-refractivity contribution in [3.63, 3.8) is 0 Å². The fourth-order valence-corrected chi connectivity index (χ4v) is 2.27. The molecule has 1 amide bonds. The van der Waals surface area contributed by atoms with Crippen LogP contribution in [0.15, 0.2) is 24.3 Å². The summed E-state index contributed by atoms with van der Waals surface area (Å²) in [6.45, 7) is 2.64. The Bertz CT molecular complexity index is 403. The van der Waals surface area contributed by atoms with Gasteiger partial charge in [0, 0.05) is 19.5 Å². The second-order valence-corrected chi connectivity index (χ2v) is 4.89. The summed E-state index contributed by atoms with van der Waals surface area (Å²) in [5.74, 6) is 1.10. The first-order valence-corrected chi connectivity index (χ1v) is 6.99. The zero-order valence-electron chi connectivity index (χ0n) is 11.3. The first kappa shape index (κ1) is 13.9. The molecule has 1 aliphatic rings. The van der Waals surface area contributed by atoms with E-state index in [4.69, 9.17) is 10.5 Å². The lowest BCUT2D eigenvalue weighted by Crippen LogP contribution is -2.34. The molecule has 4 heteroatoms. The Morgan fingerprint density at radius 1 is 1.16 bits per heavy atom. The van der Waals surface area contributed by atoms with E-state index in [-0.39, 0.29) is 5.91 Å². The second-order valence-electron chi connectivity index (χ2n) is 4.89. The van der Waals surface area contributed by atoms with E-state index in [1.54, 1.807) is 0 Å². The van der Waals surface area contributed by atoms with E-state index >= 15 is 0 Å². The fourth-order valence-electron chi connectivity index (χ4n) is 2.27. The number of nitrogens with zero attached hydrogens (tertiary/aromatic N) is 1. The monoisotopic (exact) mass is 262 g/mol. The minimum Gasteiger partial charge on any atom is -0.492 e. The van der Waals surface area contributed by atoms with Gasteiger partial charge in [-0.25, -0.2) is 0 Å². The molecule has 0 bridgehead atoms. The molecule has 0 saturated carbocycles. The van der Waals surface area contributed by atoms with Gasteiger partial charge in [-0.2, -0.15) is 0 Å². The molecule has 2 N–H and O–H groups in total. The number of benzene rings is 1. The molecule has 0 unspecified atom stereocenters. The van der Waals surface area contributed by atoms with Crippen LogP contribution in [0.1, 0.15) is 31.2 Å². The van der Waals surface area contributed by atoms with Crippen LogP contribution in [0.5, 0.6) is 5.75 Å². The smallest absolute Gasteiger partial charge is 0.222 e. The normalized spacial score (nSPS) is 16.3. The first-order valence-electron chi connectivity index (χ1n) is 6.99. The third kappa shape index (κ3) is 4.24. The van der Waals surface area contributed by atoms with Crippen molar-refractivity contribution in [1.29, 1.82) is 0 Å². The highest BCUT2D eigenvalue weighted by molar-refractivity contribution is 5.76. The van der Waals surface area contributed by atoms with E-state index in [1.807, 2.05) is 29.2 Å². The molecule has 1 aliphatic heterocycles. The number of hydrogen-bond donors (Lipinski definition) is 1. The molecule has 1 heterocycles. The molecule has 104 valence electrons. The van der Waals surface area contributed by atoms with Crippen LogP contribution in [0.3, 0.4) is 0 Å². The molecular weight excluding hydrogens is 240 g/mol. The van der Waals surface area contributed by atoms with Crippen LogP contribution in [0.2, 0.25) is 0 Å². The van der Waals surface area contributed by atoms with Gasteiger partial charge in [0.25, 0.3) is 0 Å². The molecule has 1 aromatic carbocycles. The Kier molecular flexibility index (Phi) is 5.21. The Hall–Kier alpha value is -1.55. The number of nitrogens with two attached hydrogens (primary N) is 1. The summed E-state index contributed by atoms with van der Waals surface area (Å²) in [4.78, 5) is 13.7. The molecule has 1 aromatic rings. The second kappa shape index (κ2) is 7.14. The Balaban J connectivity index is 1.77. The number of carbonyl (C=O) groups is 1. The molecule has 1 saturated heterocycles. The van der Waals surface area contributed by atoms with Gasteiger partial charge in [-0.05, 0) is 30.5 Å². The summed E-state index contributed by atoms with van der Waals surface area (Å²) in [6.07, 6.45) is 3.97. The maximum atomic E-state index is 11.8. The largest absolute Gasteiger partial charge is 0.492 e. The first-order chi connectivity index (χ1) is 9.29. The predicted octanol–water partition coefficient (Wildman–Crippen LogP) is 1.93. The van der Waals surface area contributed by atoms with Gasteiger partial charge < -0.3 is 15.4 Å². The quantitative estimate of drug-likeness (QED) is 0.882. The van der Waals surface area contributed by atoms with Gasteiger partial charge in [0.05, 0.1) is 6.54 Å². The van der Waals surface area contributed by atoms with E-state index in [2.05, 4.69) is 0 Å². The molecule has 2 rings (SSSR count). The van der Waals surface area contributed by atoms with Crippen molar-refractivity contribution in [3.8, 4) is 5.75 Å². The van der Waals surface area contributed by atoms with Crippen LogP contribution in [0.4, 0.5) is 0 Å². The molecule has 0 radical (unpaired) electrons. The van der Waals surface area contributed by atoms with Crippen molar-refractivity contribution in [2.75, 3.05) is 19.7 Å². The highest BCUT2D eigenvalue weighted by Crippen LogP contribution is 2.13. The standard InChI is InChI=1S/C15H22N2O2/c16-12-13-5-7-14(8-6-13)19-11-10-17-9-3-1-2-4-15(17)18/h5-8H,1-4,9-12,16H2. The van der Waals surface area contributed by atoms with Crippen LogP contribution in [-0.4, -0.2) is 30.5 Å². The number of amides is 1. The molecule has 1 fully saturated rings. The molecule has 0 atom stereocenters. The summed E-state index contributed by atoms with van der Waals surface area (Å²) in [5.41, 5.74) is 6.64. The van der Waals surface area contributed by atoms with E-state index in [0.717, 1.165) is 37.1 Å². The van der Waals surface area contributed by atoms with Crippen LogP contribution in [0, 0.1) is 0 Å². The van der Waals surface area contributed by atoms with E-state index in [1.165, 1.54) is 0 Å². The zero-order chi connectivity index (χ0) is 13.5. The molecular formula is C15H22N2O2. The predicted molar refractivity (Wildman–Crippen MR) is 74.9 cm³/mol. The summed E-state index contributed by atoms with van der Waals surface area (Å²) >= 11 is 0. The van der Waals surface area contributed by atoms with Gasteiger partial charge in [0.2, 0.25) is 5.91 Å². The zero-order valence-corrected chi connectivity index (χ0v) is 11.3. The lowest BCUT2D eigenvalue weighted by atomic mass is 10.2. The number of ether oxygens (including phenoxy) is 1. The van der Waals surface area contributed by atoms with Gasteiger partial charge in [-0.3, -0.25) is 4.79 Å². The maximum Gasteiger partial charge on any atom is 0.222 e. The molecule has 0 aromatic heterocycles. The summed E-state index contributed by atoms with van der Waals surface area (Å²) in [6, 6.07) is 7.78. The summed E-state index contributed by atoms with van der Waals surface area (Å²) < 4.78 is 5.66. The van der Waals surface area contributed by atoms with Crippen LogP contribution in [0.25, 0.3) is 0 Å². The minimum absolute atomic E-state index is 0.263. The van der Waals surface area contributed by atoms with E-state index in [9.17, 15) is 4.79 Å². The van der Waals surface area contributed by atoms with Gasteiger partial charge in [0.1, 0.15) is 12.4 Å². The maximum absolute atomic E-state index is 11.8. The van der Waals surface area contributed by atoms with Crippen LogP contribution >= 0.6 is 0 Å². The average Bonchev–Trinajstić information content (AvgIpc) is 2.65. The van der Waals surface area contributed by atoms with Crippen molar-refractivity contribution < 1.29 is 9.53 Å². The van der Waals surface area contributed by atoms with Gasteiger partial charge in [-0.1, -0.05) is 18.6 Å². The Labute approximate surface area is 114 Å². The number of carbonyl (C=O) groups excluding carboxylic acids is 1. The van der Waals surface area contributed by atoms with Crippen molar-refractivity contribution >= 4 is 5.91 Å². The molecule has 0 spiro atoms. The Morgan fingerprint density at radius 3 is 2.68 bits per heavy atom. The number of hydrogen-bond acceptors (Lipinski definition) is 3. The highest BCUT2D eigenvalue weighted by Gasteiger charge is 2.15. The van der Waals surface area contributed by atoms with Crippen molar-refractivity contribution in [2.24, 2.45) is 5.73 Å². The lowest BCUT2D eigenvalue weighted by Gasteiger charge is -2.20. The van der Waals surface area contributed by atoms with E-state index in [0.29, 0.717) is 26.1 Å². The van der Waals surface area contributed by atoms with Crippen molar-refractivity contribution in [1.82, 2.24) is 4.90 Å². The van der Waals surface area contributed by atoms with Gasteiger partial charge in [-0.15, -0.1) is 0 Å². The molecule has 4 nitrogen and oxygen atoms in total. The van der Waals surface area contributed by atoms with Crippen LogP contribution < -0.4 is 10.5 Å². The highest BCUT2D eigenvalue weighted by atomic mass is 16.5. The average molecular weight is 262 g/mol. The SMILES string of the molecule is NCc1ccc(OCCN2CCCCCC2=O)cc1. The number of rotatable bonds is 5. The minimum atomic E-state index is 0.263. The van der Waals surface area contributed by atoms with E-state index < -0.39 is 0 Å². The third-order valence-electron chi connectivity index (χ3n) is 3.46. The third-order valence-corrected chi connectivity index (χ3v) is 3.46.